The van der Waals surface area contributed by atoms with Gasteiger partial charge in [-0.05, 0) is 24.3 Å². The molecular weight excluding hydrogens is 254 g/mol. The largest absolute Gasteiger partial charge is 0.388 e. The summed E-state index contributed by atoms with van der Waals surface area (Å²) < 4.78 is 1.86. The predicted molar refractivity (Wildman–Crippen MR) is 75.4 cm³/mol. The second-order valence-corrected chi connectivity index (χ2v) is 4.39. The van der Waals surface area contributed by atoms with E-state index in [1.807, 2.05) is 35.7 Å². The number of nitrogens with one attached hydrogen (secondary N) is 2. The smallest absolute Gasteiger partial charge is 0.190 e. The number of benzene rings is 1. The summed E-state index contributed by atoms with van der Waals surface area (Å²) in [7, 11) is 1.89. The Labute approximate surface area is 113 Å². The molecule has 20 heavy (non-hydrogen) atoms. The highest BCUT2D eigenvalue weighted by Gasteiger charge is 2.12. The Morgan fingerprint density at radius 1 is 1.10 bits per heavy atom. The average Bonchev–Trinajstić information content (AvgIpc) is 3.13. The van der Waals surface area contributed by atoms with Gasteiger partial charge in [-0.15, -0.1) is 10.2 Å². The molecule has 3 aromatic heterocycles. The maximum Gasteiger partial charge on any atom is 0.190 e. The van der Waals surface area contributed by atoms with Gasteiger partial charge in [0, 0.05) is 18.3 Å². The van der Waals surface area contributed by atoms with Crippen LogP contribution in [-0.4, -0.2) is 36.6 Å². The molecule has 0 unspecified atom stereocenters. The van der Waals surface area contributed by atoms with E-state index in [4.69, 9.17) is 0 Å². The van der Waals surface area contributed by atoms with Crippen LogP contribution in [0.1, 0.15) is 0 Å². The van der Waals surface area contributed by atoms with Crippen molar-refractivity contribution in [2.75, 3.05) is 12.4 Å². The zero-order valence-corrected chi connectivity index (χ0v) is 10.7. The van der Waals surface area contributed by atoms with Crippen molar-refractivity contribution in [2.24, 2.45) is 0 Å². The van der Waals surface area contributed by atoms with Gasteiger partial charge in [-0.25, -0.2) is 9.97 Å². The molecule has 98 valence electrons. The maximum absolute atomic E-state index is 4.29. The molecule has 0 saturated heterocycles. The minimum atomic E-state index is 0.641. The number of nitrogens with zero attached hydrogens (tertiary/aromatic N) is 5. The molecule has 0 fully saturated rings. The minimum absolute atomic E-state index is 0.641. The molecule has 7 heteroatoms. The molecule has 0 aliphatic rings. The lowest BCUT2D eigenvalue weighted by Crippen LogP contribution is -1.93. The number of hydrogen-bond donors (Lipinski definition) is 2. The molecule has 1 aromatic carbocycles. The summed E-state index contributed by atoms with van der Waals surface area (Å²) in [6.07, 6.45) is 3.30. The van der Waals surface area contributed by atoms with Crippen LogP contribution in [0.25, 0.3) is 28.2 Å². The first-order valence-corrected chi connectivity index (χ1v) is 6.18. The molecule has 0 atom stereocenters. The monoisotopic (exact) mass is 265 g/mol. The lowest BCUT2D eigenvalue weighted by atomic mass is 10.2. The highest BCUT2D eigenvalue weighted by molar-refractivity contribution is 5.85. The van der Waals surface area contributed by atoms with Crippen LogP contribution in [0.5, 0.6) is 0 Å². The van der Waals surface area contributed by atoms with Crippen LogP contribution in [0, 0.1) is 0 Å². The normalized spacial score (nSPS) is 11.2. The summed E-state index contributed by atoms with van der Waals surface area (Å²) in [5.41, 5.74) is 4.19. The third-order valence-corrected chi connectivity index (χ3v) is 3.27. The van der Waals surface area contributed by atoms with Crippen LogP contribution in [0.4, 0.5) is 5.69 Å². The first-order valence-electron chi connectivity index (χ1n) is 6.18. The molecule has 0 aliphatic carbocycles. The lowest BCUT2D eigenvalue weighted by molar-refractivity contribution is 1.09. The average molecular weight is 265 g/mol. The van der Waals surface area contributed by atoms with E-state index in [-0.39, 0.29) is 0 Å². The highest BCUT2D eigenvalue weighted by atomic mass is 15.3. The van der Waals surface area contributed by atoms with Crippen LogP contribution >= 0.6 is 0 Å². The Kier molecular flexibility index (Phi) is 2.19. The zero-order valence-electron chi connectivity index (χ0n) is 10.7. The number of aromatic nitrogens is 6. The van der Waals surface area contributed by atoms with Gasteiger partial charge in [-0.1, -0.05) is 0 Å². The number of imidazole rings is 1. The van der Waals surface area contributed by atoms with Gasteiger partial charge in [0.25, 0.3) is 0 Å². The molecule has 4 rings (SSSR count). The molecule has 0 radical (unpaired) electrons. The number of anilines is 1. The molecule has 7 nitrogen and oxygen atoms in total. The Morgan fingerprint density at radius 3 is 2.75 bits per heavy atom. The van der Waals surface area contributed by atoms with Crippen molar-refractivity contribution in [3.05, 3.63) is 36.9 Å². The summed E-state index contributed by atoms with van der Waals surface area (Å²) in [6, 6.07) is 8.00. The third-order valence-electron chi connectivity index (χ3n) is 3.27. The number of H-pyrrole nitrogens is 1. The molecule has 4 aromatic rings. The summed E-state index contributed by atoms with van der Waals surface area (Å²) in [5, 5.41) is 11.6. The van der Waals surface area contributed by atoms with E-state index in [9.17, 15) is 0 Å². The van der Waals surface area contributed by atoms with E-state index >= 15 is 0 Å². The zero-order chi connectivity index (χ0) is 13.5. The molecule has 3 heterocycles. The SMILES string of the molecule is CNc1ccc(-c2nnc3c4[nH]cnc4ncn23)cc1. The standard InChI is InChI=1S/C13H11N7/c1-14-9-4-2-8(3-5-9)12-18-19-13-10-11(16-6-15-10)17-7-20(12)13/h2-7,14H,1H3,(H,15,16). The number of rotatable bonds is 2. The van der Waals surface area contributed by atoms with Gasteiger partial charge in [0.2, 0.25) is 0 Å². The van der Waals surface area contributed by atoms with Crippen LogP contribution in [-0.2, 0) is 0 Å². The van der Waals surface area contributed by atoms with Crippen molar-refractivity contribution in [1.82, 2.24) is 29.5 Å². The Bertz CT molecular complexity index is 888. The summed E-state index contributed by atoms with van der Waals surface area (Å²) >= 11 is 0. The van der Waals surface area contributed by atoms with Crippen molar-refractivity contribution >= 4 is 22.5 Å². The highest BCUT2D eigenvalue weighted by Crippen LogP contribution is 2.22. The second-order valence-electron chi connectivity index (χ2n) is 4.39. The van der Waals surface area contributed by atoms with Gasteiger partial charge in [0.1, 0.15) is 11.8 Å². The van der Waals surface area contributed by atoms with E-state index in [1.165, 1.54) is 0 Å². The predicted octanol–water partition coefficient (Wildman–Crippen LogP) is 1.71. The van der Waals surface area contributed by atoms with Crippen molar-refractivity contribution in [1.29, 1.82) is 0 Å². The fourth-order valence-electron chi connectivity index (χ4n) is 2.22. The van der Waals surface area contributed by atoms with Gasteiger partial charge in [0.15, 0.2) is 17.1 Å². The number of hydrogen-bond acceptors (Lipinski definition) is 5. The molecule has 0 saturated carbocycles. The van der Waals surface area contributed by atoms with E-state index < -0.39 is 0 Å². The first-order chi connectivity index (χ1) is 9.86. The maximum atomic E-state index is 4.29. The van der Waals surface area contributed by atoms with Gasteiger partial charge >= 0.3 is 0 Å². The number of fused-ring (bicyclic) bond motifs is 3. The van der Waals surface area contributed by atoms with E-state index in [2.05, 4.69) is 30.5 Å². The lowest BCUT2D eigenvalue weighted by Gasteiger charge is -2.02. The second kappa shape index (κ2) is 4.02. The Balaban J connectivity index is 1.94. The molecule has 0 amide bonds. The van der Waals surface area contributed by atoms with Crippen molar-refractivity contribution in [2.45, 2.75) is 0 Å². The summed E-state index contributed by atoms with van der Waals surface area (Å²) in [6.45, 7) is 0. The van der Waals surface area contributed by atoms with E-state index in [0.717, 1.165) is 28.2 Å². The molecule has 0 bridgehead atoms. The quantitative estimate of drug-likeness (QED) is 0.576. The topological polar surface area (TPSA) is 83.8 Å². The summed E-state index contributed by atoms with van der Waals surface area (Å²) in [5.74, 6) is 0.756. The summed E-state index contributed by atoms with van der Waals surface area (Å²) in [4.78, 5) is 11.4. The fourth-order valence-corrected chi connectivity index (χ4v) is 2.22. The number of aromatic amines is 1. The van der Waals surface area contributed by atoms with Gasteiger partial charge in [-0.3, -0.25) is 4.40 Å². The fraction of sp³-hybridized carbons (Fsp3) is 0.0769. The first kappa shape index (κ1) is 10.9. The van der Waals surface area contributed by atoms with Gasteiger partial charge in [-0.2, -0.15) is 0 Å². The molecular formula is C13H11N7. The third kappa shape index (κ3) is 1.46. The van der Waals surface area contributed by atoms with Crippen LogP contribution in [0.15, 0.2) is 36.9 Å². The molecule has 0 aliphatic heterocycles. The Morgan fingerprint density at radius 2 is 1.95 bits per heavy atom. The van der Waals surface area contributed by atoms with Crippen molar-refractivity contribution in [3.63, 3.8) is 0 Å². The van der Waals surface area contributed by atoms with Crippen LogP contribution < -0.4 is 5.32 Å². The molecule has 2 N–H and O–H groups in total. The molecule has 0 spiro atoms. The van der Waals surface area contributed by atoms with Crippen LogP contribution in [0.2, 0.25) is 0 Å². The van der Waals surface area contributed by atoms with Gasteiger partial charge in [0.05, 0.1) is 6.33 Å². The van der Waals surface area contributed by atoms with E-state index in [0.29, 0.717) is 5.65 Å². The Hall–Kier alpha value is -2.96. The van der Waals surface area contributed by atoms with Crippen molar-refractivity contribution in [3.8, 4) is 11.4 Å². The van der Waals surface area contributed by atoms with Crippen LogP contribution in [0.3, 0.4) is 0 Å². The van der Waals surface area contributed by atoms with E-state index in [1.54, 1.807) is 12.7 Å². The van der Waals surface area contributed by atoms with Gasteiger partial charge < -0.3 is 10.3 Å². The van der Waals surface area contributed by atoms with Crippen molar-refractivity contribution < 1.29 is 0 Å². The minimum Gasteiger partial charge on any atom is -0.388 e.